The number of amides is 1. The molecule has 136 valence electrons. The average Bonchev–Trinajstić information content (AvgIpc) is 3.25. The Kier molecular flexibility index (Phi) is 3.68. The lowest BCUT2D eigenvalue weighted by Crippen LogP contribution is -2.39. The monoisotopic (exact) mass is 346 g/mol. The summed E-state index contributed by atoms with van der Waals surface area (Å²) in [7, 11) is 3.36. The van der Waals surface area contributed by atoms with E-state index in [4.69, 9.17) is 10.5 Å². The molecule has 3 aliphatic rings. The topological polar surface area (TPSA) is 90.5 Å². The summed E-state index contributed by atoms with van der Waals surface area (Å²) in [5.74, 6) is -0.156. The molecule has 4 rings (SSSR count). The molecule has 0 radical (unpaired) electrons. The summed E-state index contributed by atoms with van der Waals surface area (Å²) in [6.45, 7) is 2.70. The zero-order valence-corrected chi connectivity index (χ0v) is 15.0. The zero-order valence-electron chi connectivity index (χ0n) is 15.0. The predicted octanol–water partition coefficient (Wildman–Crippen LogP) is 1.00. The first-order valence-electron chi connectivity index (χ1n) is 9.03. The minimum absolute atomic E-state index is 0.0244. The lowest BCUT2D eigenvalue weighted by molar-refractivity contribution is -0.152. The highest BCUT2D eigenvalue weighted by atomic mass is 16.5. The highest BCUT2D eigenvalue weighted by molar-refractivity contribution is 5.89. The van der Waals surface area contributed by atoms with Gasteiger partial charge >= 0.3 is 5.97 Å². The molecular formula is C18H26N4O3. The second-order valence-electron chi connectivity index (χ2n) is 8.16. The largest absolute Gasteiger partial charge is 0.469 e. The molecule has 0 atom stereocenters. The summed E-state index contributed by atoms with van der Waals surface area (Å²) >= 11 is 0. The quantitative estimate of drug-likeness (QED) is 0.822. The van der Waals surface area contributed by atoms with Gasteiger partial charge in [0.2, 0.25) is 0 Å². The van der Waals surface area contributed by atoms with Crippen molar-refractivity contribution in [3.8, 4) is 0 Å². The van der Waals surface area contributed by atoms with Gasteiger partial charge in [0.05, 0.1) is 18.2 Å². The zero-order chi connectivity index (χ0) is 17.8. The van der Waals surface area contributed by atoms with Crippen LogP contribution in [0.2, 0.25) is 0 Å². The Morgan fingerprint density at radius 1 is 1.28 bits per heavy atom. The molecule has 0 spiro atoms. The first-order valence-corrected chi connectivity index (χ1v) is 9.03. The Labute approximate surface area is 147 Å². The van der Waals surface area contributed by atoms with Gasteiger partial charge in [0.25, 0.3) is 5.91 Å². The summed E-state index contributed by atoms with van der Waals surface area (Å²) in [6.07, 6.45) is 5.93. The third-order valence-electron chi connectivity index (χ3n) is 6.71. The van der Waals surface area contributed by atoms with Crippen LogP contribution in [0.5, 0.6) is 0 Å². The van der Waals surface area contributed by atoms with Gasteiger partial charge in [-0.3, -0.25) is 14.5 Å². The summed E-state index contributed by atoms with van der Waals surface area (Å²) < 4.78 is 6.90. The SMILES string of the molecule is COC(=O)C12CCC(CN3CCc4c(nc(C(N)=O)n4C)C3)(CC1)C2. The van der Waals surface area contributed by atoms with Crippen molar-refractivity contribution < 1.29 is 14.3 Å². The van der Waals surface area contributed by atoms with E-state index in [0.29, 0.717) is 5.82 Å². The lowest BCUT2D eigenvalue weighted by Gasteiger charge is -2.35. The van der Waals surface area contributed by atoms with Gasteiger partial charge in [0, 0.05) is 38.8 Å². The summed E-state index contributed by atoms with van der Waals surface area (Å²) in [5.41, 5.74) is 7.49. The Morgan fingerprint density at radius 2 is 2.00 bits per heavy atom. The maximum atomic E-state index is 12.2. The summed E-state index contributed by atoms with van der Waals surface area (Å²) in [4.78, 5) is 30.6. The van der Waals surface area contributed by atoms with E-state index in [0.717, 1.165) is 69.5 Å². The number of ether oxygens (including phenoxy) is 1. The number of fused-ring (bicyclic) bond motifs is 3. The molecule has 2 heterocycles. The third kappa shape index (κ3) is 2.47. The van der Waals surface area contributed by atoms with Crippen LogP contribution in [-0.4, -0.2) is 46.5 Å². The molecule has 2 saturated carbocycles. The number of nitrogens with two attached hydrogens (primary N) is 1. The molecule has 7 heteroatoms. The van der Waals surface area contributed by atoms with Gasteiger partial charge in [-0.1, -0.05) is 0 Å². The van der Waals surface area contributed by atoms with Crippen LogP contribution in [0.3, 0.4) is 0 Å². The van der Waals surface area contributed by atoms with Crippen LogP contribution in [0.4, 0.5) is 0 Å². The number of hydrogen-bond donors (Lipinski definition) is 1. The van der Waals surface area contributed by atoms with Crippen LogP contribution in [-0.2, 0) is 29.5 Å². The van der Waals surface area contributed by atoms with Crippen LogP contribution >= 0.6 is 0 Å². The van der Waals surface area contributed by atoms with E-state index >= 15 is 0 Å². The molecule has 2 bridgehead atoms. The molecule has 1 aromatic rings. The number of carbonyl (C=O) groups excluding carboxylic acids is 2. The molecule has 0 unspecified atom stereocenters. The Hall–Kier alpha value is -1.89. The van der Waals surface area contributed by atoms with Crippen molar-refractivity contribution in [1.82, 2.24) is 14.5 Å². The van der Waals surface area contributed by atoms with Crippen molar-refractivity contribution in [2.45, 2.75) is 45.1 Å². The maximum absolute atomic E-state index is 12.2. The fourth-order valence-corrected chi connectivity index (χ4v) is 5.45. The minimum Gasteiger partial charge on any atom is -0.469 e. The maximum Gasteiger partial charge on any atom is 0.311 e. The van der Waals surface area contributed by atoms with Gasteiger partial charge < -0.3 is 15.0 Å². The van der Waals surface area contributed by atoms with E-state index in [1.54, 1.807) is 0 Å². The third-order valence-corrected chi connectivity index (χ3v) is 6.71. The van der Waals surface area contributed by atoms with Crippen molar-refractivity contribution >= 4 is 11.9 Å². The van der Waals surface area contributed by atoms with Crippen LogP contribution in [0.25, 0.3) is 0 Å². The van der Waals surface area contributed by atoms with E-state index in [1.807, 2.05) is 11.6 Å². The van der Waals surface area contributed by atoms with E-state index in [-0.39, 0.29) is 16.8 Å². The van der Waals surface area contributed by atoms with Gasteiger partial charge in [-0.25, -0.2) is 4.98 Å². The van der Waals surface area contributed by atoms with E-state index in [9.17, 15) is 9.59 Å². The number of imidazole rings is 1. The van der Waals surface area contributed by atoms with Gasteiger partial charge in [-0.15, -0.1) is 0 Å². The first kappa shape index (κ1) is 16.6. The van der Waals surface area contributed by atoms with E-state index in [2.05, 4.69) is 9.88 Å². The average molecular weight is 346 g/mol. The number of hydrogen-bond acceptors (Lipinski definition) is 5. The van der Waals surface area contributed by atoms with Crippen molar-refractivity contribution in [2.75, 3.05) is 20.2 Å². The van der Waals surface area contributed by atoms with Crippen molar-refractivity contribution in [3.05, 3.63) is 17.2 Å². The van der Waals surface area contributed by atoms with Gasteiger partial charge in [0.15, 0.2) is 5.82 Å². The molecule has 0 aromatic carbocycles. The van der Waals surface area contributed by atoms with Crippen molar-refractivity contribution in [2.24, 2.45) is 23.6 Å². The molecule has 1 aliphatic heterocycles. The molecule has 2 fully saturated rings. The number of esters is 1. The number of primary amides is 1. The molecule has 1 amide bonds. The Morgan fingerprint density at radius 3 is 2.64 bits per heavy atom. The van der Waals surface area contributed by atoms with Gasteiger partial charge in [0.1, 0.15) is 0 Å². The molecule has 7 nitrogen and oxygen atoms in total. The summed E-state index contributed by atoms with van der Waals surface area (Å²) in [6, 6.07) is 0. The molecule has 2 N–H and O–H groups in total. The number of aromatic nitrogens is 2. The molecule has 25 heavy (non-hydrogen) atoms. The number of rotatable bonds is 4. The lowest BCUT2D eigenvalue weighted by atomic mass is 9.81. The second-order valence-corrected chi connectivity index (χ2v) is 8.16. The van der Waals surface area contributed by atoms with Crippen LogP contribution < -0.4 is 5.73 Å². The van der Waals surface area contributed by atoms with E-state index in [1.165, 1.54) is 7.11 Å². The highest BCUT2D eigenvalue weighted by Gasteiger charge is 2.58. The minimum atomic E-state index is -0.475. The number of methoxy groups -OCH3 is 1. The first-order chi connectivity index (χ1) is 11.9. The summed E-state index contributed by atoms with van der Waals surface area (Å²) in [5, 5.41) is 0. The molecule has 1 aromatic heterocycles. The fraction of sp³-hybridized carbons (Fsp3) is 0.722. The second kappa shape index (κ2) is 5.56. The van der Waals surface area contributed by atoms with Crippen LogP contribution in [0, 0.1) is 10.8 Å². The molecular weight excluding hydrogens is 320 g/mol. The van der Waals surface area contributed by atoms with Gasteiger partial charge in [-0.05, 0) is 37.5 Å². The van der Waals surface area contributed by atoms with Crippen LogP contribution in [0.1, 0.15) is 54.1 Å². The standard InChI is InChI=1S/C18H26N4O3/c1-21-13-3-8-22(9-12(13)20-15(21)14(19)23)11-17-4-6-18(10-17,7-5-17)16(24)25-2/h3-11H2,1-2H3,(H2,19,23). The van der Waals surface area contributed by atoms with Crippen molar-refractivity contribution in [3.63, 3.8) is 0 Å². The van der Waals surface area contributed by atoms with Crippen LogP contribution in [0.15, 0.2) is 0 Å². The fourth-order valence-electron chi connectivity index (χ4n) is 5.45. The number of carbonyl (C=O) groups is 2. The Balaban J connectivity index is 1.48. The molecule has 2 aliphatic carbocycles. The molecule has 0 saturated heterocycles. The van der Waals surface area contributed by atoms with Gasteiger partial charge in [-0.2, -0.15) is 0 Å². The number of nitrogens with zero attached hydrogens (tertiary/aromatic N) is 3. The normalized spacial score (nSPS) is 31.1. The Bertz CT molecular complexity index is 731. The smallest absolute Gasteiger partial charge is 0.311 e. The van der Waals surface area contributed by atoms with E-state index < -0.39 is 5.91 Å². The predicted molar refractivity (Wildman–Crippen MR) is 90.7 cm³/mol. The van der Waals surface area contributed by atoms with Crippen molar-refractivity contribution in [1.29, 1.82) is 0 Å². The highest BCUT2D eigenvalue weighted by Crippen LogP contribution is 2.62.